The second-order valence-corrected chi connectivity index (χ2v) is 5.11. The summed E-state index contributed by atoms with van der Waals surface area (Å²) in [6.45, 7) is 10.0. The van der Waals surface area contributed by atoms with E-state index in [9.17, 15) is 0 Å². The van der Waals surface area contributed by atoms with E-state index in [1.807, 2.05) is 0 Å². The van der Waals surface area contributed by atoms with Crippen LogP contribution in [0.15, 0.2) is 18.2 Å². The molecule has 1 saturated heterocycles. The van der Waals surface area contributed by atoms with Gasteiger partial charge in [-0.3, -0.25) is 0 Å². The van der Waals surface area contributed by atoms with Crippen molar-refractivity contribution < 1.29 is 0 Å². The number of piperidine rings is 1. The van der Waals surface area contributed by atoms with E-state index in [0.717, 1.165) is 12.6 Å². The zero-order valence-electron chi connectivity index (χ0n) is 11.3. The predicted molar refractivity (Wildman–Crippen MR) is 74.8 cm³/mol. The fourth-order valence-electron chi connectivity index (χ4n) is 2.67. The lowest BCUT2D eigenvalue weighted by Gasteiger charge is -2.35. The van der Waals surface area contributed by atoms with Crippen LogP contribution in [0.5, 0.6) is 0 Å². The molecule has 0 radical (unpaired) electrons. The Morgan fingerprint density at radius 2 is 1.94 bits per heavy atom. The molecule has 0 aromatic heterocycles. The maximum absolute atomic E-state index is 3.56. The third-order valence-electron chi connectivity index (χ3n) is 3.69. The summed E-state index contributed by atoms with van der Waals surface area (Å²) in [5.41, 5.74) is 4.19. The second-order valence-electron chi connectivity index (χ2n) is 5.11. The topological polar surface area (TPSA) is 15.3 Å². The summed E-state index contributed by atoms with van der Waals surface area (Å²) in [6, 6.07) is 7.48. The van der Waals surface area contributed by atoms with Gasteiger partial charge in [0.15, 0.2) is 0 Å². The van der Waals surface area contributed by atoms with E-state index in [0.29, 0.717) is 0 Å². The molecule has 1 fully saturated rings. The van der Waals surface area contributed by atoms with Crippen molar-refractivity contribution in [1.82, 2.24) is 5.32 Å². The Hall–Kier alpha value is -1.02. The van der Waals surface area contributed by atoms with Crippen LogP contribution < -0.4 is 10.2 Å². The first-order valence-corrected chi connectivity index (χ1v) is 6.76. The van der Waals surface area contributed by atoms with Crippen molar-refractivity contribution in [1.29, 1.82) is 0 Å². The molecular weight excluding hydrogens is 208 g/mol. The van der Waals surface area contributed by atoms with Gasteiger partial charge >= 0.3 is 0 Å². The Morgan fingerprint density at radius 1 is 1.24 bits per heavy atom. The van der Waals surface area contributed by atoms with Gasteiger partial charge in [0, 0.05) is 24.8 Å². The second kappa shape index (κ2) is 5.54. The Labute approximate surface area is 105 Å². The molecule has 1 aliphatic heterocycles. The highest BCUT2D eigenvalue weighted by Crippen LogP contribution is 2.24. The van der Waals surface area contributed by atoms with Gasteiger partial charge in [-0.05, 0) is 50.4 Å². The summed E-state index contributed by atoms with van der Waals surface area (Å²) in [4.78, 5) is 2.54. The molecule has 0 unspecified atom stereocenters. The Kier molecular flexibility index (Phi) is 4.06. The SMILES string of the molecule is CCNC1CCN(c2cc(C)ccc2C)CC1. The van der Waals surface area contributed by atoms with Crippen LogP contribution >= 0.6 is 0 Å². The predicted octanol–water partition coefficient (Wildman–Crippen LogP) is 2.88. The number of hydrogen-bond acceptors (Lipinski definition) is 2. The lowest BCUT2D eigenvalue weighted by atomic mass is 10.0. The van der Waals surface area contributed by atoms with Crippen LogP contribution in [-0.2, 0) is 0 Å². The Balaban J connectivity index is 2.02. The van der Waals surface area contributed by atoms with Crippen LogP contribution in [0.25, 0.3) is 0 Å². The fourth-order valence-corrected chi connectivity index (χ4v) is 2.67. The van der Waals surface area contributed by atoms with Gasteiger partial charge in [0.25, 0.3) is 0 Å². The normalized spacial score (nSPS) is 17.5. The Morgan fingerprint density at radius 3 is 2.59 bits per heavy atom. The number of aryl methyl sites for hydroxylation is 2. The van der Waals surface area contributed by atoms with Gasteiger partial charge in [0.2, 0.25) is 0 Å². The van der Waals surface area contributed by atoms with Crippen molar-refractivity contribution in [2.45, 2.75) is 39.7 Å². The minimum absolute atomic E-state index is 0.723. The zero-order valence-corrected chi connectivity index (χ0v) is 11.3. The molecule has 0 bridgehead atoms. The molecule has 2 rings (SSSR count). The number of nitrogens with zero attached hydrogens (tertiary/aromatic N) is 1. The molecule has 0 saturated carbocycles. The maximum atomic E-state index is 3.56. The van der Waals surface area contributed by atoms with Gasteiger partial charge in [0.05, 0.1) is 0 Å². The highest BCUT2D eigenvalue weighted by Gasteiger charge is 2.19. The van der Waals surface area contributed by atoms with E-state index < -0.39 is 0 Å². The summed E-state index contributed by atoms with van der Waals surface area (Å²) in [6.07, 6.45) is 2.53. The molecule has 2 heteroatoms. The van der Waals surface area contributed by atoms with Crippen LogP contribution in [0.1, 0.15) is 30.9 Å². The van der Waals surface area contributed by atoms with Gasteiger partial charge in [-0.2, -0.15) is 0 Å². The molecule has 2 nitrogen and oxygen atoms in total. The van der Waals surface area contributed by atoms with Gasteiger partial charge in [-0.15, -0.1) is 0 Å². The average molecular weight is 232 g/mol. The highest BCUT2D eigenvalue weighted by molar-refractivity contribution is 5.55. The minimum atomic E-state index is 0.723. The van der Waals surface area contributed by atoms with Crippen LogP contribution in [0.3, 0.4) is 0 Å². The average Bonchev–Trinajstić information content (AvgIpc) is 2.34. The molecule has 94 valence electrons. The van der Waals surface area contributed by atoms with Crippen molar-refractivity contribution in [3.8, 4) is 0 Å². The van der Waals surface area contributed by atoms with E-state index in [1.54, 1.807) is 0 Å². The Bertz CT molecular complexity index is 365. The summed E-state index contributed by atoms with van der Waals surface area (Å²) in [5, 5.41) is 3.56. The van der Waals surface area contributed by atoms with E-state index in [2.05, 4.69) is 49.2 Å². The van der Waals surface area contributed by atoms with E-state index in [4.69, 9.17) is 0 Å². The highest BCUT2D eigenvalue weighted by atomic mass is 15.1. The lowest BCUT2D eigenvalue weighted by Crippen LogP contribution is -2.42. The fraction of sp³-hybridized carbons (Fsp3) is 0.600. The summed E-state index contributed by atoms with van der Waals surface area (Å²) in [7, 11) is 0. The summed E-state index contributed by atoms with van der Waals surface area (Å²) < 4.78 is 0. The molecule has 1 aliphatic rings. The molecular formula is C15H24N2. The lowest BCUT2D eigenvalue weighted by molar-refractivity contribution is 0.423. The van der Waals surface area contributed by atoms with Crippen molar-refractivity contribution in [3.05, 3.63) is 29.3 Å². The van der Waals surface area contributed by atoms with Gasteiger partial charge in [-0.25, -0.2) is 0 Å². The molecule has 0 spiro atoms. The molecule has 1 aromatic rings. The molecule has 1 N–H and O–H groups in total. The van der Waals surface area contributed by atoms with Gasteiger partial charge in [0.1, 0.15) is 0 Å². The minimum Gasteiger partial charge on any atom is -0.371 e. The van der Waals surface area contributed by atoms with Crippen LogP contribution in [0.2, 0.25) is 0 Å². The summed E-state index contributed by atoms with van der Waals surface area (Å²) >= 11 is 0. The van der Waals surface area contributed by atoms with Crippen LogP contribution in [0.4, 0.5) is 5.69 Å². The van der Waals surface area contributed by atoms with Crippen LogP contribution in [-0.4, -0.2) is 25.7 Å². The number of hydrogen-bond donors (Lipinski definition) is 1. The number of nitrogens with one attached hydrogen (secondary N) is 1. The van der Waals surface area contributed by atoms with Crippen molar-refractivity contribution in [3.63, 3.8) is 0 Å². The first-order chi connectivity index (χ1) is 8.20. The maximum Gasteiger partial charge on any atom is 0.0398 e. The molecule has 0 amide bonds. The smallest absolute Gasteiger partial charge is 0.0398 e. The first-order valence-electron chi connectivity index (χ1n) is 6.76. The van der Waals surface area contributed by atoms with Crippen LogP contribution in [0, 0.1) is 13.8 Å². The first kappa shape index (κ1) is 12.4. The van der Waals surface area contributed by atoms with Gasteiger partial charge in [-0.1, -0.05) is 19.1 Å². The number of rotatable bonds is 3. The molecule has 1 heterocycles. The molecule has 1 aromatic carbocycles. The van der Waals surface area contributed by atoms with E-state index >= 15 is 0 Å². The van der Waals surface area contributed by atoms with Crippen molar-refractivity contribution in [2.24, 2.45) is 0 Å². The molecule has 0 aliphatic carbocycles. The third-order valence-corrected chi connectivity index (χ3v) is 3.69. The number of benzene rings is 1. The standard InChI is InChI=1S/C15H24N2/c1-4-16-14-7-9-17(10-8-14)15-11-12(2)5-6-13(15)3/h5-6,11,14,16H,4,7-10H2,1-3H3. The molecule has 17 heavy (non-hydrogen) atoms. The molecule has 0 atom stereocenters. The third kappa shape index (κ3) is 3.01. The summed E-state index contributed by atoms with van der Waals surface area (Å²) in [5.74, 6) is 0. The largest absolute Gasteiger partial charge is 0.371 e. The van der Waals surface area contributed by atoms with Crippen molar-refractivity contribution >= 4 is 5.69 Å². The van der Waals surface area contributed by atoms with Gasteiger partial charge < -0.3 is 10.2 Å². The van der Waals surface area contributed by atoms with Crippen molar-refractivity contribution in [2.75, 3.05) is 24.5 Å². The quantitative estimate of drug-likeness (QED) is 0.862. The van der Waals surface area contributed by atoms with E-state index in [1.165, 1.54) is 42.7 Å². The monoisotopic (exact) mass is 232 g/mol. The number of anilines is 1. The van der Waals surface area contributed by atoms with E-state index in [-0.39, 0.29) is 0 Å². The zero-order chi connectivity index (χ0) is 12.3.